The fourth-order valence-corrected chi connectivity index (χ4v) is 5.63. The lowest BCUT2D eigenvalue weighted by atomic mass is 9.98. The molecule has 6 rings (SSSR count). The quantitative estimate of drug-likeness (QED) is 0.201. The van der Waals surface area contributed by atoms with Crippen molar-refractivity contribution in [2.24, 2.45) is 0 Å². The smallest absolute Gasteiger partial charge is 0.270 e. The number of anilines is 1. The minimum Gasteiger partial charge on any atom is -0.493 e. The average molecular weight is 604 g/mol. The van der Waals surface area contributed by atoms with Crippen LogP contribution in [0.1, 0.15) is 52.7 Å². The summed E-state index contributed by atoms with van der Waals surface area (Å²) in [5.41, 5.74) is 6.66. The second kappa shape index (κ2) is 12.0. The van der Waals surface area contributed by atoms with Crippen molar-refractivity contribution in [2.75, 3.05) is 26.1 Å². The number of ether oxygens (including phenoxy) is 3. The van der Waals surface area contributed by atoms with Crippen molar-refractivity contribution in [3.8, 4) is 28.4 Å². The lowest BCUT2D eigenvalue weighted by Gasteiger charge is -2.29. The van der Waals surface area contributed by atoms with Gasteiger partial charge in [-0.15, -0.1) is 0 Å². The van der Waals surface area contributed by atoms with Gasteiger partial charge in [0, 0.05) is 35.2 Å². The third-order valence-electron chi connectivity index (χ3n) is 7.87. The number of methoxy groups -OCH3 is 2. The summed E-state index contributed by atoms with van der Waals surface area (Å²) in [6.07, 6.45) is 0.751. The molecule has 0 fully saturated rings. The Morgan fingerprint density at radius 2 is 1.47 bits per heavy atom. The van der Waals surface area contributed by atoms with Crippen molar-refractivity contribution < 1.29 is 23.8 Å². The van der Waals surface area contributed by atoms with Crippen LogP contribution in [-0.2, 0) is 13.0 Å². The normalized spacial score (nSPS) is 12.9. The van der Waals surface area contributed by atoms with Crippen LogP contribution in [0.25, 0.3) is 22.0 Å². The van der Waals surface area contributed by atoms with Gasteiger partial charge in [-0.3, -0.25) is 9.59 Å². The Hall–Kier alpha value is -5.24. The number of hydrogen-bond donors (Lipinski definition) is 2. The monoisotopic (exact) mass is 603 g/mol. The molecule has 0 spiro atoms. The van der Waals surface area contributed by atoms with Gasteiger partial charge in [-0.05, 0) is 116 Å². The first kappa shape index (κ1) is 29.8. The van der Waals surface area contributed by atoms with E-state index in [0.717, 1.165) is 39.8 Å². The Bertz CT molecular complexity index is 1870. The molecule has 0 unspecified atom stereocenters. The molecule has 2 heterocycles. The number of carbonyl (C=O) groups excluding carboxylic acids is 2. The van der Waals surface area contributed by atoms with E-state index in [2.05, 4.69) is 16.4 Å². The SMILES string of the molecule is COc1cc2c(cc1OC)CN(C(=O)c1cc3cc(-c4ccc(NC(=O)c5ccc(OC(C)(C)C)cc5)cc4)ccc3[nH]1)CC2. The number of amides is 2. The zero-order valence-electron chi connectivity index (χ0n) is 26.2. The number of H-pyrrole nitrogens is 1. The Morgan fingerprint density at radius 3 is 2.13 bits per heavy atom. The number of aromatic amines is 1. The van der Waals surface area contributed by atoms with E-state index in [1.54, 1.807) is 38.5 Å². The number of rotatable bonds is 7. The minimum atomic E-state index is -0.303. The van der Waals surface area contributed by atoms with E-state index < -0.39 is 0 Å². The molecule has 1 aliphatic rings. The lowest BCUT2D eigenvalue weighted by Crippen LogP contribution is -2.36. The summed E-state index contributed by atoms with van der Waals surface area (Å²) < 4.78 is 16.8. The van der Waals surface area contributed by atoms with Gasteiger partial charge in [0.15, 0.2) is 11.5 Å². The molecule has 0 saturated carbocycles. The molecule has 1 aliphatic heterocycles. The summed E-state index contributed by atoms with van der Waals surface area (Å²) in [4.78, 5) is 31.5. The van der Waals surface area contributed by atoms with E-state index in [9.17, 15) is 9.59 Å². The van der Waals surface area contributed by atoms with E-state index in [1.165, 1.54) is 5.56 Å². The first-order valence-corrected chi connectivity index (χ1v) is 15.0. The van der Waals surface area contributed by atoms with Gasteiger partial charge in [-0.25, -0.2) is 0 Å². The van der Waals surface area contributed by atoms with Gasteiger partial charge in [-0.1, -0.05) is 18.2 Å². The molecule has 4 aromatic carbocycles. The predicted octanol–water partition coefficient (Wildman–Crippen LogP) is 7.48. The first-order valence-electron chi connectivity index (χ1n) is 15.0. The second-order valence-corrected chi connectivity index (χ2v) is 12.2. The summed E-state index contributed by atoms with van der Waals surface area (Å²) in [5.74, 6) is 1.86. The van der Waals surface area contributed by atoms with Crippen molar-refractivity contribution in [3.05, 3.63) is 107 Å². The lowest BCUT2D eigenvalue weighted by molar-refractivity contribution is 0.0729. The van der Waals surface area contributed by atoms with Crippen LogP contribution in [-0.4, -0.2) is 48.1 Å². The molecule has 8 nitrogen and oxygen atoms in total. The molecule has 1 aromatic heterocycles. The van der Waals surface area contributed by atoms with Crippen molar-refractivity contribution in [2.45, 2.75) is 39.3 Å². The number of aromatic nitrogens is 1. The molecule has 0 atom stereocenters. The summed E-state index contributed by atoms with van der Waals surface area (Å²) >= 11 is 0. The molecule has 2 amide bonds. The fraction of sp³-hybridized carbons (Fsp3) is 0.243. The third-order valence-corrected chi connectivity index (χ3v) is 7.87. The maximum atomic E-state index is 13.5. The van der Waals surface area contributed by atoms with Crippen LogP contribution in [0.3, 0.4) is 0 Å². The van der Waals surface area contributed by atoms with Crippen LogP contribution in [0.4, 0.5) is 5.69 Å². The van der Waals surface area contributed by atoms with Gasteiger partial charge in [0.25, 0.3) is 11.8 Å². The van der Waals surface area contributed by atoms with Gasteiger partial charge >= 0.3 is 0 Å². The fourth-order valence-electron chi connectivity index (χ4n) is 5.63. The molecule has 45 heavy (non-hydrogen) atoms. The van der Waals surface area contributed by atoms with Crippen LogP contribution >= 0.6 is 0 Å². The van der Waals surface area contributed by atoms with Crippen LogP contribution in [0.15, 0.2) is 84.9 Å². The molecule has 0 bridgehead atoms. The largest absolute Gasteiger partial charge is 0.493 e. The highest BCUT2D eigenvalue weighted by Gasteiger charge is 2.25. The van der Waals surface area contributed by atoms with E-state index >= 15 is 0 Å². The van der Waals surface area contributed by atoms with Crippen molar-refractivity contribution in [3.63, 3.8) is 0 Å². The summed E-state index contributed by atoms with van der Waals surface area (Å²) in [6, 6.07) is 26.8. The standard InChI is InChI=1S/C37H37N3O5/c1-37(2,3)45-30-13-8-24(9-14-30)35(41)38-29-11-6-23(7-12-29)25-10-15-31-27(18-25)19-32(39-31)36(42)40-17-16-26-20-33(43-4)34(44-5)21-28(26)22-40/h6-15,18-21,39H,16-17,22H2,1-5H3,(H,38,41). The minimum absolute atomic E-state index is 0.0374. The number of fused-ring (bicyclic) bond motifs is 2. The van der Waals surface area contributed by atoms with Crippen molar-refractivity contribution in [1.29, 1.82) is 0 Å². The molecular formula is C37H37N3O5. The maximum Gasteiger partial charge on any atom is 0.270 e. The molecule has 0 radical (unpaired) electrons. The van der Waals surface area contributed by atoms with Crippen LogP contribution in [0, 0.1) is 0 Å². The Labute approximate surface area is 262 Å². The summed E-state index contributed by atoms with van der Waals surface area (Å²) in [7, 11) is 3.25. The van der Waals surface area contributed by atoms with E-state index in [-0.39, 0.29) is 17.4 Å². The van der Waals surface area contributed by atoms with Crippen LogP contribution in [0.2, 0.25) is 0 Å². The topological polar surface area (TPSA) is 92.9 Å². The molecule has 0 saturated heterocycles. The molecule has 2 N–H and O–H groups in total. The van der Waals surface area contributed by atoms with Crippen LogP contribution < -0.4 is 19.5 Å². The zero-order chi connectivity index (χ0) is 31.7. The number of hydrogen-bond acceptors (Lipinski definition) is 5. The molecule has 8 heteroatoms. The van der Waals surface area contributed by atoms with Gasteiger partial charge < -0.3 is 29.4 Å². The Morgan fingerprint density at radius 1 is 0.800 bits per heavy atom. The highest BCUT2D eigenvalue weighted by molar-refractivity contribution is 6.04. The number of nitrogens with zero attached hydrogens (tertiary/aromatic N) is 1. The van der Waals surface area contributed by atoms with Crippen molar-refractivity contribution in [1.82, 2.24) is 9.88 Å². The second-order valence-electron chi connectivity index (χ2n) is 12.2. The molecule has 230 valence electrons. The van der Waals surface area contributed by atoms with E-state index in [1.807, 2.05) is 80.3 Å². The van der Waals surface area contributed by atoms with Crippen LogP contribution in [0.5, 0.6) is 17.2 Å². The summed E-state index contributed by atoms with van der Waals surface area (Å²) in [6.45, 7) is 7.09. The summed E-state index contributed by atoms with van der Waals surface area (Å²) in [5, 5.41) is 3.91. The first-order chi connectivity index (χ1) is 21.6. The molecular weight excluding hydrogens is 566 g/mol. The predicted molar refractivity (Wildman–Crippen MR) is 177 cm³/mol. The average Bonchev–Trinajstić information content (AvgIpc) is 3.47. The molecule has 0 aliphatic carbocycles. The van der Waals surface area contributed by atoms with Gasteiger partial charge in [0.1, 0.15) is 17.0 Å². The highest BCUT2D eigenvalue weighted by Crippen LogP contribution is 2.34. The van der Waals surface area contributed by atoms with Gasteiger partial charge in [0.2, 0.25) is 0 Å². The highest BCUT2D eigenvalue weighted by atomic mass is 16.5. The van der Waals surface area contributed by atoms with Crippen molar-refractivity contribution >= 4 is 28.4 Å². The van der Waals surface area contributed by atoms with Gasteiger partial charge in [-0.2, -0.15) is 0 Å². The van der Waals surface area contributed by atoms with E-state index in [4.69, 9.17) is 14.2 Å². The van der Waals surface area contributed by atoms with E-state index in [0.29, 0.717) is 41.5 Å². The third kappa shape index (κ3) is 6.50. The van der Waals surface area contributed by atoms with Gasteiger partial charge in [0.05, 0.1) is 14.2 Å². The Kier molecular flexibility index (Phi) is 7.97. The number of nitrogens with one attached hydrogen (secondary N) is 2. The maximum absolute atomic E-state index is 13.5. The Balaban J connectivity index is 1.13. The molecule has 5 aromatic rings. The number of carbonyl (C=O) groups is 2. The number of benzene rings is 4. The zero-order valence-corrected chi connectivity index (χ0v) is 26.2.